The molecule has 2 rings (SSSR count). The van der Waals surface area contributed by atoms with Crippen molar-refractivity contribution >= 4 is 43.2 Å². The molecule has 0 bridgehead atoms. The molecule has 0 unspecified atom stereocenters. The molecule has 1 aromatic carbocycles. The molecule has 0 amide bonds. The Hall–Kier alpha value is -0.340. The first-order valence-corrected chi connectivity index (χ1v) is 8.36. The van der Waals surface area contributed by atoms with E-state index in [1.807, 2.05) is 7.05 Å². The van der Waals surface area contributed by atoms with E-state index in [0.717, 1.165) is 0 Å². The van der Waals surface area contributed by atoms with Crippen LogP contribution >= 0.6 is 27.5 Å². The first-order chi connectivity index (χ1) is 8.82. The van der Waals surface area contributed by atoms with Crippen molar-refractivity contribution in [3.05, 3.63) is 21.6 Å². The summed E-state index contributed by atoms with van der Waals surface area (Å²) in [7, 11) is -1.60. The van der Waals surface area contributed by atoms with Gasteiger partial charge in [0.1, 0.15) is 0 Å². The number of benzene rings is 1. The largest absolute Gasteiger partial charge is 0.398 e. The maximum absolute atomic E-state index is 12.6. The number of nitrogen functional groups attached to an aromatic ring is 1. The Labute approximate surface area is 126 Å². The van der Waals surface area contributed by atoms with Gasteiger partial charge < -0.3 is 10.6 Å². The van der Waals surface area contributed by atoms with Crippen LogP contribution in [0.4, 0.5) is 5.69 Å². The number of nitrogens with two attached hydrogens (primary N) is 1. The lowest BCUT2D eigenvalue weighted by Gasteiger charge is -2.31. The van der Waals surface area contributed by atoms with Crippen molar-refractivity contribution < 1.29 is 8.42 Å². The van der Waals surface area contributed by atoms with Crippen LogP contribution in [0.3, 0.4) is 0 Å². The van der Waals surface area contributed by atoms with Gasteiger partial charge in [0.15, 0.2) is 0 Å². The molecule has 1 aromatic rings. The normalized spacial score (nSPS) is 18.7. The molecule has 0 saturated carbocycles. The van der Waals surface area contributed by atoms with E-state index in [1.54, 1.807) is 0 Å². The predicted molar refractivity (Wildman–Crippen MR) is 79.8 cm³/mol. The molecule has 2 N–H and O–H groups in total. The molecule has 0 atom stereocenters. The van der Waals surface area contributed by atoms with Crippen LogP contribution in [0, 0.1) is 0 Å². The Morgan fingerprint density at radius 3 is 2.42 bits per heavy atom. The van der Waals surface area contributed by atoms with Crippen LogP contribution in [-0.2, 0) is 10.0 Å². The summed E-state index contributed by atoms with van der Waals surface area (Å²) in [4.78, 5) is 2.22. The molecule has 5 nitrogen and oxygen atoms in total. The van der Waals surface area contributed by atoms with E-state index in [1.165, 1.54) is 16.4 Å². The van der Waals surface area contributed by atoms with E-state index in [9.17, 15) is 8.42 Å². The Morgan fingerprint density at radius 2 is 1.84 bits per heavy atom. The lowest BCUT2D eigenvalue weighted by molar-refractivity contribution is 0.222. The molecule has 1 saturated heterocycles. The highest BCUT2D eigenvalue weighted by Gasteiger charge is 2.30. The Kier molecular flexibility index (Phi) is 4.42. The van der Waals surface area contributed by atoms with Gasteiger partial charge in [-0.3, -0.25) is 0 Å². The molecule has 1 heterocycles. The summed E-state index contributed by atoms with van der Waals surface area (Å²) in [5.41, 5.74) is 6.07. The van der Waals surface area contributed by atoms with E-state index < -0.39 is 10.0 Å². The van der Waals surface area contributed by atoms with E-state index in [-0.39, 0.29) is 4.90 Å². The molecule has 19 heavy (non-hydrogen) atoms. The van der Waals surface area contributed by atoms with Crippen molar-refractivity contribution in [2.75, 3.05) is 39.0 Å². The zero-order chi connectivity index (χ0) is 14.2. The van der Waals surface area contributed by atoms with Gasteiger partial charge in [0.2, 0.25) is 10.0 Å². The van der Waals surface area contributed by atoms with Gasteiger partial charge in [-0.05, 0) is 35.1 Å². The average Bonchev–Trinajstić information content (AvgIpc) is 2.34. The summed E-state index contributed by atoms with van der Waals surface area (Å²) in [6, 6.07) is 2.95. The number of sulfonamides is 1. The number of rotatable bonds is 2. The summed E-state index contributed by atoms with van der Waals surface area (Å²) in [6.45, 7) is 2.37. The number of hydrogen-bond donors (Lipinski definition) is 1. The number of piperazine rings is 1. The quantitative estimate of drug-likeness (QED) is 0.806. The van der Waals surface area contributed by atoms with Gasteiger partial charge in [0, 0.05) is 36.9 Å². The molecule has 0 spiro atoms. The van der Waals surface area contributed by atoms with Gasteiger partial charge in [-0.15, -0.1) is 0 Å². The first-order valence-electron chi connectivity index (χ1n) is 5.75. The SMILES string of the molecule is CN1CCN(S(=O)(=O)c2cc(Cl)cc(N)c2Br)CC1. The van der Waals surface area contributed by atoms with Gasteiger partial charge in [-0.2, -0.15) is 4.31 Å². The van der Waals surface area contributed by atoms with E-state index in [0.29, 0.717) is 41.4 Å². The number of halogens is 2. The second-order valence-electron chi connectivity index (χ2n) is 4.51. The number of nitrogens with zero attached hydrogens (tertiary/aromatic N) is 2. The second-order valence-corrected chi connectivity index (χ2v) is 7.65. The number of hydrogen-bond acceptors (Lipinski definition) is 4. The molecule has 1 aliphatic rings. The fraction of sp³-hybridized carbons (Fsp3) is 0.455. The minimum atomic E-state index is -3.57. The van der Waals surface area contributed by atoms with Gasteiger partial charge in [-0.25, -0.2) is 8.42 Å². The van der Waals surface area contributed by atoms with E-state index in [2.05, 4.69) is 20.8 Å². The molecule has 1 aliphatic heterocycles. The highest BCUT2D eigenvalue weighted by molar-refractivity contribution is 9.10. The van der Waals surface area contributed by atoms with Gasteiger partial charge in [0.25, 0.3) is 0 Å². The van der Waals surface area contributed by atoms with E-state index in [4.69, 9.17) is 17.3 Å². The van der Waals surface area contributed by atoms with Crippen molar-refractivity contribution in [3.8, 4) is 0 Å². The third kappa shape index (κ3) is 3.05. The molecular formula is C11H15BrClN3O2S. The topological polar surface area (TPSA) is 66.6 Å². The molecule has 8 heteroatoms. The van der Waals surface area contributed by atoms with Gasteiger partial charge >= 0.3 is 0 Å². The zero-order valence-corrected chi connectivity index (χ0v) is 13.6. The maximum Gasteiger partial charge on any atom is 0.244 e. The van der Waals surface area contributed by atoms with Crippen molar-refractivity contribution in [2.45, 2.75) is 4.90 Å². The molecular weight excluding hydrogens is 354 g/mol. The summed E-state index contributed by atoms with van der Waals surface area (Å²) in [6.07, 6.45) is 0. The highest BCUT2D eigenvalue weighted by atomic mass is 79.9. The molecule has 1 fully saturated rings. The number of likely N-dealkylation sites (N-methyl/N-ethyl adjacent to an activating group) is 1. The number of anilines is 1. The van der Waals surface area contributed by atoms with Crippen LogP contribution in [0.1, 0.15) is 0 Å². The summed E-state index contributed by atoms with van der Waals surface area (Å²) >= 11 is 9.13. The molecule has 0 aromatic heterocycles. The van der Waals surface area contributed by atoms with Crippen molar-refractivity contribution in [1.82, 2.24) is 9.21 Å². The first kappa shape index (κ1) is 15.1. The Bertz CT molecular complexity index is 586. The lowest BCUT2D eigenvalue weighted by Crippen LogP contribution is -2.47. The fourth-order valence-corrected chi connectivity index (χ4v) is 4.62. The fourth-order valence-electron chi connectivity index (χ4n) is 1.94. The minimum absolute atomic E-state index is 0.127. The monoisotopic (exact) mass is 367 g/mol. The summed E-state index contributed by atoms with van der Waals surface area (Å²) in [5.74, 6) is 0. The zero-order valence-electron chi connectivity index (χ0n) is 10.4. The van der Waals surface area contributed by atoms with Gasteiger partial charge in [-0.1, -0.05) is 11.6 Å². The van der Waals surface area contributed by atoms with Crippen LogP contribution in [0.2, 0.25) is 5.02 Å². The van der Waals surface area contributed by atoms with Crippen LogP contribution in [0.15, 0.2) is 21.5 Å². The predicted octanol–water partition coefficient (Wildman–Crippen LogP) is 1.62. The Morgan fingerprint density at radius 1 is 1.26 bits per heavy atom. The van der Waals surface area contributed by atoms with E-state index >= 15 is 0 Å². The highest BCUT2D eigenvalue weighted by Crippen LogP contribution is 2.33. The van der Waals surface area contributed by atoms with Crippen molar-refractivity contribution in [1.29, 1.82) is 0 Å². The molecule has 106 valence electrons. The summed E-state index contributed by atoms with van der Waals surface area (Å²) < 4.78 is 27.0. The smallest absolute Gasteiger partial charge is 0.244 e. The van der Waals surface area contributed by atoms with Crippen molar-refractivity contribution in [2.24, 2.45) is 0 Å². The molecule has 0 radical (unpaired) electrons. The Balaban J connectivity index is 2.40. The van der Waals surface area contributed by atoms with Crippen LogP contribution < -0.4 is 5.73 Å². The third-order valence-electron chi connectivity index (χ3n) is 3.11. The van der Waals surface area contributed by atoms with Crippen molar-refractivity contribution in [3.63, 3.8) is 0 Å². The van der Waals surface area contributed by atoms with Crippen LogP contribution in [0.25, 0.3) is 0 Å². The lowest BCUT2D eigenvalue weighted by atomic mass is 10.3. The third-order valence-corrected chi connectivity index (χ3v) is 6.40. The summed E-state index contributed by atoms with van der Waals surface area (Å²) in [5, 5.41) is 0.313. The standard InChI is InChI=1S/C11H15BrClN3O2S/c1-15-2-4-16(5-3-15)19(17,18)10-7-8(13)6-9(14)11(10)12/h6-7H,2-5,14H2,1H3. The second kappa shape index (κ2) is 5.57. The van der Waals surface area contributed by atoms with Crippen LogP contribution in [-0.4, -0.2) is 50.8 Å². The molecule has 0 aliphatic carbocycles. The maximum atomic E-state index is 12.6. The van der Waals surface area contributed by atoms with Crippen LogP contribution in [0.5, 0.6) is 0 Å². The van der Waals surface area contributed by atoms with Gasteiger partial charge in [0.05, 0.1) is 9.37 Å². The minimum Gasteiger partial charge on any atom is -0.398 e. The average molecular weight is 369 g/mol.